The molecule has 1 saturated carbocycles. The molecule has 0 heterocycles. The third-order valence-corrected chi connectivity index (χ3v) is 3.91. The maximum Gasteiger partial charge on any atom is 0.154 e. The quantitative estimate of drug-likeness (QED) is 0.738. The molecular weight excluding hydrogens is 210 g/mol. The van der Waals surface area contributed by atoms with Crippen molar-refractivity contribution in [2.24, 2.45) is 10.8 Å². The summed E-state index contributed by atoms with van der Waals surface area (Å²) in [6.07, 6.45) is 0.495. The molecule has 0 unspecified atom stereocenters. The highest BCUT2D eigenvalue weighted by Crippen LogP contribution is 2.59. The van der Waals surface area contributed by atoms with Crippen molar-refractivity contribution in [1.82, 2.24) is 0 Å². The van der Waals surface area contributed by atoms with Gasteiger partial charge in [0, 0.05) is 12.3 Å². The number of carbonyl (C=O) groups excluding carboxylic acids is 1. The first-order valence-corrected chi connectivity index (χ1v) is 5.93. The standard InChI is InChI=1S/C15H17NO/c1-14(2,3)15(10-16)12(9-13(15)17)11-7-5-4-6-8-11/h4-8,12H,9H2,1-3H3/t12-,15-/m1/s1. The molecule has 1 fully saturated rings. The normalized spacial score (nSPS) is 28.4. The molecule has 2 heteroatoms. The molecule has 88 valence electrons. The molecule has 1 aliphatic carbocycles. The summed E-state index contributed by atoms with van der Waals surface area (Å²) in [5.41, 5.74) is -0.0741. The highest BCUT2D eigenvalue weighted by Gasteiger charge is 2.62. The highest BCUT2D eigenvalue weighted by molar-refractivity contribution is 5.96. The third-order valence-electron chi connectivity index (χ3n) is 3.91. The number of benzene rings is 1. The number of nitrogens with zero attached hydrogens (tertiary/aromatic N) is 1. The van der Waals surface area contributed by atoms with Gasteiger partial charge in [-0.3, -0.25) is 4.79 Å². The van der Waals surface area contributed by atoms with Crippen LogP contribution in [-0.2, 0) is 4.79 Å². The van der Waals surface area contributed by atoms with Gasteiger partial charge in [0.1, 0.15) is 5.41 Å². The van der Waals surface area contributed by atoms with E-state index < -0.39 is 5.41 Å². The fraction of sp³-hybridized carbons (Fsp3) is 0.467. The zero-order chi connectivity index (χ0) is 12.7. The lowest BCUT2D eigenvalue weighted by molar-refractivity contribution is -0.144. The molecule has 0 aromatic heterocycles. The van der Waals surface area contributed by atoms with E-state index in [2.05, 4.69) is 6.07 Å². The Morgan fingerprint density at radius 1 is 1.29 bits per heavy atom. The number of rotatable bonds is 1. The summed E-state index contributed by atoms with van der Waals surface area (Å²) in [6, 6.07) is 12.2. The third kappa shape index (κ3) is 1.50. The van der Waals surface area contributed by atoms with Gasteiger partial charge in [-0.1, -0.05) is 51.1 Å². The molecule has 0 bridgehead atoms. The van der Waals surface area contributed by atoms with Crippen LogP contribution in [0.5, 0.6) is 0 Å². The van der Waals surface area contributed by atoms with Crippen molar-refractivity contribution >= 4 is 5.78 Å². The summed E-state index contributed by atoms with van der Waals surface area (Å²) in [5.74, 6) is 0.127. The average molecular weight is 227 g/mol. The lowest BCUT2D eigenvalue weighted by Crippen LogP contribution is -2.55. The highest BCUT2D eigenvalue weighted by atomic mass is 16.1. The topological polar surface area (TPSA) is 40.9 Å². The summed E-state index contributed by atoms with van der Waals surface area (Å²) in [6.45, 7) is 5.93. The second kappa shape index (κ2) is 3.70. The van der Waals surface area contributed by atoms with E-state index in [-0.39, 0.29) is 17.1 Å². The molecule has 0 radical (unpaired) electrons. The fourth-order valence-electron chi connectivity index (χ4n) is 2.86. The molecule has 0 N–H and O–H groups in total. The molecule has 2 atom stereocenters. The van der Waals surface area contributed by atoms with Crippen LogP contribution in [0.4, 0.5) is 0 Å². The van der Waals surface area contributed by atoms with Crippen LogP contribution in [0.25, 0.3) is 0 Å². The van der Waals surface area contributed by atoms with Crippen LogP contribution in [0.3, 0.4) is 0 Å². The number of hydrogen-bond acceptors (Lipinski definition) is 2. The van der Waals surface area contributed by atoms with E-state index in [1.165, 1.54) is 0 Å². The van der Waals surface area contributed by atoms with E-state index >= 15 is 0 Å². The Morgan fingerprint density at radius 2 is 1.88 bits per heavy atom. The van der Waals surface area contributed by atoms with Gasteiger partial charge in [-0.2, -0.15) is 5.26 Å². The monoisotopic (exact) mass is 227 g/mol. The van der Waals surface area contributed by atoms with Crippen LogP contribution in [-0.4, -0.2) is 5.78 Å². The van der Waals surface area contributed by atoms with E-state index in [4.69, 9.17) is 0 Å². The molecule has 1 aliphatic rings. The molecule has 0 spiro atoms. The van der Waals surface area contributed by atoms with E-state index in [0.29, 0.717) is 6.42 Å². The molecule has 0 saturated heterocycles. The van der Waals surface area contributed by atoms with Gasteiger partial charge in [0.15, 0.2) is 5.78 Å². The zero-order valence-corrected chi connectivity index (χ0v) is 10.5. The number of hydrogen-bond donors (Lipinski definition) is 0. The maximum absolute atomic E-state index is 12.0. The van der Waals surface area contributed by atoms with Crippen molar-refractivity contribution in [1.29, 1.82) is 5.26 Å². The predicted molar refractivity (Wildman–Crippen MR) is 66.3 cm³/mol. The second-order valence-corrected chi connectivity index (χ2v) is 5.76. The minimum absolute atomic E-state index is 0.0428. The van der Waals surface area contributed by atoms with Crippen molar-refractivity contribution in [3.05, 3.63) is 35.9 Å². The lowest BCUT2D eigenvalue weighted by atomic mass is 9.47. The van der Waals surface area contributed by atoms with Gasteiger partial charge in [0.25, 0.3) is 0 Å². The van der Waals surface area contributed by atoms with Gasteiger partial charge in [-0.05, 0) is 11.0 Å². The molecule has 1 aromatic rings. The van der Waals surface area contributed by atoms with E-state index in [1.807, 2.05) is 51.1 Å². The van der Waals surface area contributed by atoms with Gasteiger partial charge < -0.3 is 0 Å². The van der Waals surface area contributed by atoms with Crippen molar-refractivity contribution in [2.75, 3.05) is 0 Å². The Hall–Kier alpha value is -1.62. The number of carbonyl (C=O) groups is 1. The predicted octanol–water partition coefficient (Wildman–Crippen LogP) is 3.30. The van der Waals surface area contributed by atoms with Crippen LogP contribution >= 0.6 is 0 Å². The van der Waals surface area contributed by atoms with Gasteiger partial charge in [0.05, 0.1) is 6.07 Å². The first kappa shape index (κ1) is 11.9. The van der Waals surface area contributed by atoms with E-state index in [9.17, 15) is 10.1 Å². The first-order valence-electron chi connectivity index (χ1n) is 5.93. The van der Waals surface area contributed by atoms with Crippen LogP contribution in [0.15, 0.2) is 30.3 Å². The Kier molecular flexibility index (Phi) is 2.58. The minimum Gasteiger partial charge on any atom is -0.298 e. The summed E-state index contributed by atoms with van der Waals surface area (Å²) in [5, 5.41) is 9.50. The Balaban J connectivity index is 2.46. The number of Topliss-reactive ketones (excluding diaryl/α,β-unsaturated/α-hetero) is 1. The molecule has 1 aromatic carbocycles. The first-order chi connectivity index (χ1) is 7.93. The van der Waals surface area contributed by atoms with E-state index in [1.54, 1.807) is 0 Å². The summed E-state index contributed by atoms with van der Waals surface area (Å²) in [4.78, 5) is 12.0. The van der Waals surface area contributed by atoms with Crippen LogP contribution in [0.1, 0.15) is 38.7 Å². The Bertz CT molecular complexity index is 478. The number of nitriles is 1. The summed E-state index contributed by atoms with van der Waals surface area (Å²) < 4.78 is 0. The largest absolute Gasteiger partial charge is 0.298 e. The molecule has 2 rings (SSSR count). The van der Waals surface area contributed by atoms with Crippen molar-refractivity contribution < 1.29 is 4.79 Å². The fourth-order valence-corrected chi connectivity index (χ4v) is 2.86. The van der Waals surface area contributed by atoms with Gasteiger partial charge in [0.2, 0.25) is 0 Å². The Morgan fingerprint density at radius 3 is 2.29 bits per heavy atom. The van der Waals surface area contributed by atoms with Crippen molar-refractivity contribution in [2.45, 2.75) is 33.1 Å². The zero-order valence-electron chi connectivity index (χ0n) is 10.5. The number of ketones is 1. The van der Waals surface area contributed by atoms with Crippen LogP contribution < -0.4 is 0 Å². The molecule has 0 amide bonds. The SMILES string of the molecule is CC(C)(C)[C@@]1(C#N)C(=O)C[C@@H]1c1ccccc1. The Labute approximate surface area is 102 Å². The molecule has 17 heavy (non-hydrogen) atoms. The summed E-state index contributed by atoms with van der Waals surface area (Å²) >= 11 is 0. The van der Waals surface area contributed by atoms with Crippen LogP contribution in [0.2, 0.25) is 0 Å². The van der Waals surface area contributed by atoms with Gasteiger partial charge in [-0.25, -0.2) is 0 Å². The van der Waals surface area contributed by atoms with Crippen molar-refractivity contribution in [3.63, 3.8) is 0 Å². The van der Waals surface area contributed by atoms with Crippen LogP contribution in [0, 0.1) is 22.2 Å². The average Bonchev–Trinajstić information content (AvgIpc) is 2.26. The second-order valence-electron chi connectivity index (χ2n) is 5.76. The molecule has 0 aliphatic heterocycles. The van der Waals surface area contributed by atoms with Gasteiger partial charge in [-0.15, -0.1) is 0 Å². The summed E-state index contributed by atoms with van der Waals surface area (Å²) in [7, 11) is 0. The molecule has 2 nitrogen and oxygen atoms in total. The van der Waals surface area contributed by atoms with Gasteiger partial charge >= 0.3 is 0 Å². The minimum atomic E-state index is -0.853. The maximum atomic E-state index is 12.0. The van der Waals surface area contributed by atoms with Crippen molar-refractivity contribution in [3.8, 4) is 6.07 Å². The smallest absolute Gasteiger partial charge is 0.154 e. The van der Waals surface area contributed by atoms with E-state index in [0.717, 1.165) is 5.56 Å². The lowest BCUT2D eigenvalue weighted by Gasteiger charge is -2.51. The molecular formula is C15H17NO.